The SMILES string of the molecule is COc1cccc(C)c1-c1ccc(CC(NC(=O)c2c(F)cc(NS(=O)(=O)c3ccc(-c4ccnc(F)c4)cc3)cc2F)C(=O)O)c2cccnc12. The fourth-order valence-corrected chi connectivity index (χ4v) is 6.93. The van der Waals surface area contributed by atoms with E-state index in [1.54, 1.807) is 37.6 Å². The number of anilines is 1. The van der Waals surface area contributed by atoms with Crippen LogP contribution >= 0.6 is 0 Å². The molecule has 14 heteroatoms. The van der Waals surface area contributed by atoms with E-state index in [1.807, 2.05) is 25.1 Å². The van der Waals surface area contributed by atoms with Gasteiger partial charge in [-0.25, -0.2) is 27.0 Å². The molecule has 6 rings (SSSR count). The number of fused-ring (bicyclic) bond motifs is 1. The zero-order valence-electron chi connectivity index (χ0n) is 27.5. The average molecular weight is 727 g/mol. The van der Waals surface area contributed by atoms with E-state index >= 15 is 8.78 Å². The zero-order valence-corrected chi connectivity index (χ0v) is 28.3. The fraction of sp³-hybridized carbons (Fsp3) is 0.105. The van der Waals surface area contributed by atoms with E-state index in [0.29, 0.717) is 45.5 Å². The number of nitrogens with zero attached hydrogens (tertiary/aromatic N) is 2. The summed E-state index contributed by atoms with van der Waals surface area (Å²) in [7, 11) is -2.81. The van der Waals surface area contributed by atoms with Gasteiger partial charge in [0.05, 0.1) is 23.2 Å². The molecule has 10 nitrogen and oxygen atoms in total. The number of halogens is 3. The van der Waals surface area contributed by atoms with E-state index in [0.717, 1.165) is 16.7 Å². The third-order valence-corrected chi connectivity index (χ3v) is 9.75. The van der Waals surface area contributed by atoms with Gasteiger partial charge in [0.15, 0.2) is 0 Å². The van der Waals surface area contributed by atoms with Gasteiger partial charge in [0.2, 0.25) is 5.95 Å². The van der Waals surface area contributed by atoms with Crippen LogP contribution in [0.15, 0.2) is 108 Å². The number of sulfonamides is 1. The molecular weight excluding hydrogens is 698 g/mol. The Labute approximate surface area is 296 Å². The first-order chi connectivity index (χ1) is 24.9. The Morgan fingerprint density at radius 1 is 0.865 bits per heavy atom. The summed E-state index contributed by atoms with van der Waals surface area (Å²) in [5.74, 6) is -5.77. The lowest BCUT2D eigenvalue weighted by molar-refractivity contribution is -0.139. The molecule has 0 bridgehead atoms. The van der Waals surface area contributed by atoms with Crippen molar-refractivity contribution in [1.29, 1.82) is 0 Å². The van der Waals surface area contributed by atoms with Crippen molar-refractivity contribution in [2.24, 2.45) is 0 Å². The number of aryl methyl sites for hydroxylation is 1. The molecule has 6 aromatic rings. The lowest BCUT2D eigenvalue weighted by atomic mass is 9.92. The molecular formula is C38H29F3N4O6S. The number of benzene rings is 4. The molecule has 0 radical (unpaired) electrons. The van der Waals surface area contributed by atoms with Crippen molar-refractivity contribution in [3.63, 3.8) is 0 Å². The molecule has 0 fully saturated rings. The van der Waals surface area contributed by atoms with Gasteiger partial charge in [-0.15, -0.1) is 0 Å². The highest BCUT2D eigenvalue weighted by Gasteiger charge is 2.27. The Kier molecular flexibility index (Phi) is 9.93. The highest BCUT2D eigenvalue weighted by atomic mass is 32.2. The second kappa shape index (κ2) is 14.5. The molecule has 0 aliphatic carbocycles. The van der Waals surface area contributed by atoms with E-state index in [4.69, 9.17) is 4.74 Å². The Balaban J connectivity index is 1.22. The normalized spacial score (nSPS) is 11.9. The van der Waals surface area contributed by atoms with Gasteiger partial charge in [-0.05, 0) is 71.6 Å². The molecule has 0 spiro atoms. The van der Waals surface area contributed by atoms with Gasteiger partial charge < -0.3 is 15.2 Å². The summed E-state index contributed by atoms with van der Waals surface area (Å²) in [5.41, 5.74) is 2.85. The van der Waals surface area contributed by atoms with Gasteiger partial charge in [-0.1, -0.05) is 42.5 Å². The highest BCUT2D eigenvalue weighted by molar-refractivity contribution is 7.92. The Morgan fingerprint density at radius 3 is 2.27 bits per heavy atom. The van der Waals surface area contributed by atoms with Crippen molar-refractivity contribution in [1.82, 2.24) is 15.3 Å². The maximum atomic E-state index is 15.3. The Morgan fingerprint density at radius 2 is 1.60 bits per heavy atom. The molecule has 3 N–H and O–H groups in total. The monoisotopic (exact) mass is 726 g/mol. The lowest BCUT2D eigenvalue weighted by Crippen LogP contribution is -2.43. The second-order valence-electron chi connectivity index (χ2n) is 11.7. The minimum absolute atomic E-state index is 0.258. The number of pyridine rings is 2. The minimum Gasteiger partial charge on any atom is -0.496 e. The maximum Gasteiger partial charge on any atom is 0.326 e. The number of amides is 1. The van der Waals surface area contributed by atoms with Crippen LogP contribution in [-0.2, 0) is 21.2 Å². The van der Waals surface area contributed by atoms with Gasteiger partial charge in [-0.3, -0.25) is 14.5 Å². The smallest absolute Gasteiger partial charge is 0.326 e. The molecule has 264 valence electrons. The number of hydrogen-bond acceptors (Lipinski definition) is 7. The Bertz CT molecular complexity index is 2440. The van der Waals surface area contributed by atoms with Crippen molar-refractivity contribution in [3.8, 4) is 28.0 Å². The number of methoxy groups -OCH3 is 1. The van der Waals surface area contributed by atoms with Gasteiger partial charge in [-0.2, -0.15) is 4.39 Å². The number of rotatable bonds is 11. The third kappa shape index (κ3) is 7.28. The first kappa shape index (κ1) is 35.5. The summed E-state index contributed by atoms with van der Waals surface area (Å²) >= 11 is 0. The summed E-state index contributed by atoms with van der Waals surface area (Å²) in [6, 6.07) is 20.1. The fourth-order valence-electron chi connectivity index (χ4n) is 5.89. The summed E-state index contributed by atoms with van der Waals surface area (Å²) in [4.78, 5) is 33.2. The van der Waals surface area contributed by atoms with Gasteiger partial charge in [0.1, 0.15) is 29.0 Å². The molecule has 52 heavy (non-hydrogen) atoms. The van der Waals surface area contributed by atoms with Crippen LogP contribution in [0.4, 0.5) is 18.9 Å². The number of hydrogen-bond donors (Lipinski definition) is 3. The van der Waals surface area contributed by atoms with Crippen LogP contribution in [-0.4, -0.2) is 48.5 Å². The number of carbonyl (C=O) groups is 2. The van der Waals surface area contributed by atoms with Gasteiger partial charge in [0.25, 0.3) is 15.9 Å². The quantitative estimate of drug-likeness (QED) is 0.122. The first-order valence-electron chi connectivity index (χ1n) is 15.6. The number of aromatic nitrogens is 2. The molecule has 0 saturated heterocycles. The van der Waals surface area contributed by atoms with Crippen LogP contribution in [0.25, 0.3) is 33.2 Å². The van der Waals surface area contributed by atoms with Crippen molar-refractivity contribution >= 4 is 38.5 Å². The van der Waals surface area contributed by atoms with E-state index in [9.17, 15) is 27.5 Å². The van der Waals surface area contributed by atoms with E-state index in [-0.39, 0.29) is 11.3 Å². The minimum atomic E-state index is -4.36. The standard InChI is InChI=1S/C38H29F3N4O6S/c1-21-5-3-7-32(51-2)34(21)28-13-10-24(27-6-4-15-43-36(27)28)17-31(38(47)48)44-37(46)35-29(39)19-25(20-30(35)40)45-52(49,50)26-11-8-22(9-12-26)23-14-16-42-33(41)18-23/h3-16,18-20,31,45H,17H2,1-2H3,(H,44,46)(H,47,48). The molecule has 1 amide bonds. The van der Waals surface area contributed by atoms with Crippen molar-refractivity contribution < 1.29 is 41.0 Å². The predicted octanol–water partition coefficient (Wildman–Crippen LogP) is 6.92. The maximum absolute atomic E-state index is 15.3. The van der Waals surface area contributed by atoms with Crippen LogP contribution in [0, 0.1) is 24.5 Å². The van der Waals surface area contributed by atoms with Gasteiger partial charge in [0, 0.05) is 41.4 Å². The summed E-state index contributed by atoms with van der Waals surface area (Å²) in [5, 5.41) is 12.8. The van der Waals surface area contributed by atoms with Crippen molar-refractivity contribution in [2.75, 3.05) is 11.8 Å². The van der Waals surface area contributed by atoms with Crippen molar-refractivity contribution in [2.45, 2.75) is 24.3 Å². The van der Waals surface area contributed by atoms with E-state index in [1.165, 1.54) is 42.6 Å². The summed E-state index contributed by atoms with van der Waals surface area (Å²) in [6.45, 7) is 1.92. The van der Waals surface area contributed by atoms with Crippen LogP contribution < -0.4 is 14.8 Å². The predicted molar refractivity (Wildman–Crippen MR) is 188 cm³/mol. The molecule has 4 aromatic carbocycles. The van der Waals surface area contributed by atoms with Crippen LogP contribution in [0.2, 0.25) is 0 Å². The highest BCUT2D eigenvalue weighted by Crippen LogP contribution is 2.38. The average Bonchev–Trinajstić information content (AvgIpc) is 3.11. The second-order valence-corrected chi connectivity index (χ2v) is 13.4. The number of ether oxygens (including phenoxy) is 1. The van der Waals surface area contributed by atoms with Crippen LogP contribution in [0.5, 0.6) is 5.75 Å². The number of carbonyl (C=O) groups excluding carboxylic acids is 1. The van der Waals surface area contributed by atoms with Crippen LogP contribution in [0.1, 0.15) is 21.5 Å². The largest absolute Gasteiger partial charge is 0.496 e. The number of carboxylic acids is 1. The number of aliphatic carboxylic acids is 1. The summed E-state index contributed by atoms with van der Waals surface area (Å²) < 4.78 is 77.7. The van der Waals surface area contributed by atoms with Gasteiger partial charge >= 0.3 is 5.97 Å². The van der Waals surface area contributed by atoms with Crippen molar-refractivity contribution in [3.05, 3.63) is 138 Å². The van der Waals surface area contributed by atoms with E-state index < -0.39 is 56.8 Å². The van der Waals surface area contributed by atoms with Crippen LogP contribution in [0.3, 0.4) is 0 Å². The molecule has 0 aliphatic heterocycles. The molecule has 1 unspecified atom stereocenters. The third-order valence-electron chi connectivity index (χ3n) is 8.36. The molecule has 0 saturated carbocycles. The first-order valence-corrected chi connectivity index (χ1v) is 17.1. The number of carboxylic acid groups (broad SMARTS) is 1. The zero-order chi connectivity index (χ0) is 37.2. The topological polar surface area (TPSA) is 148 Å². The lowest BCUT2D eigenvalue weighted by Gasteiger charge is -2.19. The molecule has 1 atom stereocenters. The van der Waals surface area contributed by atoms with E-state index in [2.05, 4.69) is 20.0 Å². The summed E-state index contributed by atoms with van der Waals surface area (Å²) in [6.07, 6.45) is 2.59. The molecule has 0 aliphatic rings. The Hall–Kier alpha value is -6.28. The molecule has 2 aromatic heterocycles. The molecule has 2 heterocycles. The number of nitrogens with one attached hydrogen (secondary N) is 2.